The van der Waals surface area contributed by atoms with Gasteiger partial charge >= 0.3 is 5.97 Å². The zero-order chi connectivity index (χ0) is 23.2. The number of nitrogens with zero attached hydrogens (tertiary/aromatic N) is 4. The van der Waals surface area contributed by atoms with Gasteiger partial charge in [-0.1, -0.05) is 60.3 Å². The van der Waals surface area contributed by atoms with Gasteiger partial charge < -0.3 is 10.5 Å². The highest BCUT2D eigenvalue weighted by atomic mass is 32.2. The number of anilines is 1. The number of carbonyl (C=O) groups is 1. The highest BCUT2D eigenvalue weighted by Gasteiger charge is 2.24. The van der Waals surface area contributed by atoms with Crippen molar-refractivity contribution in [3.05, 3.63) is 88.1 Å². The molecule has 0 fully saturated rings. The Bertz CT molecular complexity index is 1290. The van der Waals surface area contributed by atoms with Gasteiger partial charge in [0.1, 0.15) is 21.8 Å². The predicted octanol–water partition coefficient (Wildman–Crippen LogP) is 4.84. The molecule has 0 aliphatic heterocycles. The lowest BCUT2D eigenvalue weighted by Gasteiger charge is -2.11. The highest BCUT2D eigenvalue weighted by molar-refractivity contribution is 7.98. The minimum Gasteiger partial charge on any atom is -0.462 e. The molecule has 166 valence electrons. The molecule has 4 aromatic rings. The van der Waals surface area contributed by atoms with E-state index in [4.69, 9.17) is 10.5 Å². The number of benzene rings is 2. The monoisotopic (exact) mass is 475 g/mol. The molecule has 9 heteroatoms. The SMILES string of the molecule is CCOC(=O)c1sc(N)c(C#N)c1CSc1nnc(Cc2ccccc2)n1-c1ccccc1. The summed E-state index contributed by atoms with van der Waals surface area (Å²) in [4.78, 5) is 12.8. The summed E-state index contributed by atoms with van der Waals surface area (Å²) in [6, 6.07) is 22.1. The molecule has 33 heavy (non-hydrogen) atoms. The molecule has 0 saturated carbocycles. The van der Waals surface area contributed by atoms with Gasteiger partial charge in [0.25, 0.3) is 0 Å². The minimum absolute atomic E-state index is 0.246. The van der Waals surface area contributed by atoms with E-state index in [-0.39, 0.29) is 6.61 Å². The molecule has 0 amide bonds. The van der Waals surface area contributed by atoms with E-state index in [0.29, 0.717) is 38.3 Å². The maximum Gasteiger partial charge on any atom is 0.348 e. The van der Waals surface area contributed by atoms with Crippen molar-refractivity contribution in [1.82, 2.24) is 14.8 Å². The topological polar surface area (TPSA) is 107 Å². The van der Waals surface area contributed by atoms with E-state index in [0.717, 1.165) is 28.4 Å². The minimum atomic E-state index is -0.472. The summed E-state index contributed by atoms with van der Waals surface area (Å²) < 4.78 is 7.16. The molecule has 2 N–H and O–H groups in total. The first-order valence-electron chi connectivity index (χ1n) is 10.3. The van der Waals surface area contributed by atoms with E-state index in [1.54, 1.807) is 6.92 Å². The first-order valence-corrected chi connectivity index (χ1v) is 12.1. The van der Waals surface area contributed by atoms with Crippen LogP contribution in [-0.4, -0.2) is 27.3 Å². The Morgan fingerprint density at radius 2 is 1.85 bits per heavy atom. The van der Waals surface area contributed by atoms with Crippen LogP contribution < -0.4 is 5.73 Å². The normalized spacial score (nSPS) is 10.7. The fraction of sp³-hybridized carbons (Fsp3) is 0.167. The number of nitrogens with two attached hydrogens (primary N) is 1. The van der Waals surface area contributed by atoms with Crippen molar-refractivity contribution in [2.75, 3.05) is 12.3 Å². The number of rotatable bonds is 8. The molecule has 2 heterocycles. The zero-order valence-corrected chi connectivity index (χ0v) is 19.5. The van der Waals surface area contributed by atoms with Gasteiger partial charge in [0.15, 0.2) is 5.16 Å². The molecule has 0 radical (unpaired) electrons. The molecule has 4 rings (SSSR count). The maximum absolute atomic E-state index is 12.4. The van der Waals surface area contributed by atoms with Gasteiger partial charge in [0, 0.05) is 23.4 Å². The number of hydrogen-bond acceptors (Lipinski definition) is 8. The molecule has 0 unspecified atom stereocenters. The molecule has 0 atom stereocenters. The van der Waals surface area contributed by atoms with Gasteiger partial charge in [-0.3, -0.25) is 4.57 Å². The quantitative estimate of drug-likeness (QED) is 0.287. The van der Waals surface area contributed by atoms with Crippen LogP contribution in [0.15, 0.2) is 65.8 Å². The summed E-state index contributed by atoms with van der Waals surface area (Å²) >= 11 is 2.48. The van der Waals surface area contributed by atoms with Crippen LogP contribution in [0.4, 0.5) is 5.00 Å². The van der Waals surface area contributed by atoms with Crippen LogP contribution in [0, 0.1) is 11.3 Å². The molecule has 0 spiro atoms. The third-order valence-corrected chi connectivity index (χ3v) is 6.87. The van der Waals surface area contributed by atoms with Crippen molar-refractivity contribution >= 4 is 34.1 Å². The van der Waals surface area contributed by atoms with Crippen molar-refractivity contribution in [3.63, 3.8) is 0 Å². The van der Waals surface area contributed by atoms with Crippen LogP contribution in [0.2, 0.25) is 0 Å². The van der Waals surface area contributed by atoms with Crippen molar-refractivity contribution in [3.8, 4) is 11.8 Å². The summed E-state index contributed by atoms with van der Waals surface area (Å²) in [6.45, 7) is 1.99. The number of nitriles is 1. The van der Waals surface area contributed by atoms with Gasteiger partial charge in [0.05, 0.1) is 12.2 Å². The fourth-order valence-corrected chi connectivity index (χ4v) is 5.39. The smallest absolute Gasteiger partial charge is 0.348 e. The van der Waals surface area contributed by atoms with Gasteiger partial charge in [0.2, 0.25) is 0 Å². The molecule has 2 aromatic carbocycles. The summed E-state index contributed by atoms with van der Waals surface area (Å²) in [5, 5.41) is 19.5. The van der Waals surface area contributed by atoms with Gasteiger partial charge in [-0.2, -0.15) is 5.26 Å². The van der Waals surface area contributed by atoms with Crippen LogP contribution >= 0.6 is 23.1 Å². The summed E-state index contributed by atoms with van der Waals surface area (Å²) in [6.07, 6.45) is 0.617. The highest BCUT2D eigenvalue weighted by Crippen LogP contribution is 2.36. The van der Waals surface area contributed by atoms with Gasteiger partial charge in [-0.05, 0) is 24.6 Å². The molecule has 2 aromatic heterocycles. The first-order chi connectivity index (χ1) is 16.1. The average molecular weight is 476 g/mol. The lowest BCUT2D eigenvalue weighted by Crippen LogP contribution is -2.06. The number of aromatic nitrogens is 3. The standard InChI is InChI=1S/C24H21N5O2S2/c1-2-31-23(30)21-19(18(14-25)22(26)33-21)15-32-24-28-27-20(13-16-9-5-3-6-10-16)29(24)17-11-7-4-8-12-17/h3-12H,2,13,15,26H2,1H3. The lowest BCUT2D eigenvalue weighted by molar-refractivity contribution is 0.0531. The summed E-state index contributed by atoms with van der Waals surface area (Å²) in [7, 11) is 0. The Labute approximate surface area is 199 Å². The zero-order valence-electron chi connectivity index (χ0n) is 17.9. The Morgan fingerprint density at radius 1 is 1.15 bits per heavy atom. The van der Waals surface area contributed by atoms with E-state index >= 15 is 0 Å². The van der Waals surface area contributed by atoms with Crippen LogP contribution in [-0.2, 0) is 16.9 Å². The average Bonchev–Trinajstić information content (AvgIpc) is 3.38. The summed E-state index contributed by atoms with van der Waals surface area (Å²) in [5.41, 5.74) is 8.95. The van der Waals surface area contributed by atoms with Crippen LogP contribution in [0.3, 0.4) is 0 Å². The number of thiophene rings is 1. The van der Waals surface area contributed by atoms with Crippen molar-refractivity contribution in [1.29, 1.82) is 5.26 Å². The third kappa shape index (κ3) is 4.92. The van der Waals surface area contributed by atoms with E-state index < -0.39 is 5.97 Å². The maximum atomic E-state index is 12.4. The Balaban J connectivity index is 1.69. The largest absolute Gasteiger partial charge is 0.462 e. The Hall–Kier alpha value is -3.61. The van der Waals surface area contributed by atoms with E-state index in [1.165, 1.54) is 11.8 Å². The molecular formula is C24H21N5O2S2. The van der Waals surface area contributed by atoms with E-state index in [1.807, 2.05) is 53.1 Å². The van der Waals surface area contributed by atoms with E-state index in [2.05, 4.69) is 28.4 Å². The summed E-state index contributed by atoms with van der Waals surface area (Å²) in [5.74, 6) is 0.660. The second kappa shape index (κ2) is 10.3. The van der Waals surface area contributed by atoms with Crippen LogP contribution in [0.5, 0.6) is 0 Å². The van der Waals surface area contributed by atoms with Crippen LogP contribution in [0.1, 0.15) is 39.1 Å². The van der Waals surface area contributed by atoms with Crippen molar-refractivity contribution in [2.45, 2.75) is 24.3 Å². The molecule has 0 aliphatic carbocycles. The molecule has 0 aliphatic rings. The van der Waals surface area contributed by atoms with Gasteiger partial charge in [-0.15, -0.1) is 21.5 Å². The molecule has 7 nitrogen and oxygen atoms in total. The fourth-order valence-electron chi connectivity index (χ4n) is 3.37. The molecule has 0 saturated heterocycles. The van der Waals surface area contributed by atoms with Crippen molar-refractivity contribution < 1.29 is 9.53 Å². The predicted molar refractivity (Wildman–Crippen MR) is 130 cm³/mol. The molecule has 0 bridgehead atoms. The molecular weight excluding hydrogens is 454 g/mol. The number of esters is 1. The first kappa shape index (κ1) is 22.6. The number of thioether (sulfide) groups is 1. The third-order valence-electron chi connectivity index (χ3n) is 4.87. The second-order valence-corrected chi connectivity index (χ2v) is 9.00. The lowest BCUT2D eigenvalue weighted by atomic mass is 10.1. The van der Waals surface area contributed by atoms with Gasteiger partial charge in [-0.25, -0.2) is 4.79 Å². The number of para-hydroxylation sites is 1. The van der Waals surface area contributed by atoms with E-state index in [9.17, 15) is 10.1 Å². The van der Waals surface area contributed by atoms with Crippen LogP contribution in [0.25, 0.3) is 5.69 Å². The van der Waals surface area contributed by atoms with Crippen molar-refractivity contribution in [2.24, 2.45) is 0 Å². The number of carbonyl (C=O) groups excluding carboxylic acids is 1. The number of nitrogen functional groups attached to an aromatic ring is 1. The Kier molecular flexibility index (Phi) is 7.07. The number of hydrogen-bond donors (Lipinski definition) is 1. The second-order valence-electron chi connectivity index (χ2n) is 7.00. The Morgan fingerprint density at radius 3 is 2.52 bits per heavy atom. The number of ether oxygens (including phenoxy) is 1.